The van der Waals surface area contributed by atoms with Gasteiger partial charge in [0.2, 0.25) is 17.5 Å². The maximum absolute atomic E-state index is 12.3. The van der Waals surface area contributed by atoms with Crippen LogP contribution in [-0.2, 0) is 6.42 Å². The molecule has 0 saturated heterocycles. The molecule has 0 unspecified atom stereocenters. The van der Waals surface area contributed by atoms with Crippen molar-refractivity contribution in [3.63, 3.8) is 0 Å². The van der Waals surface area contributed by atoms with Gasteiger partial charge in [-0.25, -0.2) is 4.85 Å². The second-order valence-corrected chi connectivity index (χ2v) is 8.57. The molecule has 1 aromatic heterocycles. The number of aliphatic hydroxyl groups is 1. The molecule has 0 radical (unpaired) electrons. The van der Waals surface area contributed by atoms with Gasteiger partial charge >= 0.3 is 0 Å². The zero-order valence-electron chi connectivity index (χ0n) is 19.2. The first-order valence-corrected chi connectivity index (χ1v) is 11.4. The first kappa shape index (κ1) is 24.1. The lowest BCUT2D eigenvalue weighted by molar-refractivity contribution is 0.102. The number of nitrogens with one attached hydrogen (secondary N) is 1. The molecule has 35 heavy (non-hydrogen) atoms. The van der Waals surface area contributed by atoms with Crippen molar-refractivity contribution in [3.8, 4) is 11.5 Å². The number of nitrogens with zero attached hydrogens (tertiary/aromatic N) is 3. The number of aromatic nitrogens is 2. The van der Waals surface area contributed by atoms with Crippen molar-refractivity contribution >= 4 is 28.9 Å². The van der Waals surface area contributed by atoms with Crippen molar-refractivity contribution in [2.75, 3.05) is 5.32 Å². The third-order valence-corrected chi connectivity index (χ3v) is 6.28. The van der Waals surface area contributed by atoms with E-state index in [1.54, 1.807) is 49.4 Å². The Kier molecular flexibility index (Phi) is 7.25. The number of hydrogen-bond acceptors (Lipinski definition) is 5. The predicted octanol–water partition coefficient (Wildman–Crippen LogP) is 6.21. The summed E-state index contributed by atoms with van der Waals surface area (Å²) >= 11 is 6.32. The average Bonchev–Trinajstić information content (AvgIpc) is 3.35. The smallest absolute Gasteiger partial charge is 0.255 e. The Labute approximate surface area is 208 Å². The summed E-state index contributed by atoms with van der Waals surface area (Å²) in [6, 6.07) is 19.6. The molecule has 2 N–H and O–H groups in total. The van der Waals surface area contributed by atoms with Gasteiger partial charge in [0.05, 0.1) is 23.6 Å². The maximum atomic E-state index is 12.3. The average molecular weight is 487 g/mol. The fourth-order valence-corrected chi connectivity index (χ4v) is 3.94. The largest absolute Gasteiger partial charge is 0.420 e. The van der Waals surface area contributed by atoms with E-state index in [-0.39, 0.29) is 5.91 Å². The number of carbonyl (C=O) groups excluding carboxylic acids is 1. The minimum absolute atomic E-state index is 0.196. The molecule has 7 nitrogen and oxygen atoms in total. The van der Waals surface area contributed by atoms with Crippen LogP contribution in [0.4, 0.5) is 11.4 Å². The lowest BCUT2D eigenvalue weighted by atomic mass is 9.92. The normalized spacial score (nSPS) is 12.5. The van der Waals surface area contributed by atoms with Crippen LogP contribution in [0.5, 0.6) is 0 Å². The van der Waals surface area contributed by atoms with Gasteiger partial charge < -0.3 is 14.8 Å². The molecule has 1 amide bonds. The van der Waals surface area contributed by atoms with E-state index in [2.05, 4.69) is 20.4 Å². The Morgan fingerprint density at radius 1 is 1.11 bits per heavy atom. The van der Waals surface area contributed by atoms with Crippen molar-refractivity contribution in [1.82, 2.24) is 10.2 Å². The van der Waals surface area contributed by atoms with Crippen molar-refractivity contribution in [2.24, 2.45) is 0 Å². The van der Waals surface area contributed by atoms with Gasteiger partial charge in [-0.3, -0.25) is 4.79 Å². The highest BCUT2D eigenvalue weighted by molar-refractivity contribution is 6.34. The van der Waals surface area contributed by atoms with Crippen LogP contribution >= 0.6 is 11.6 Å². The summed E-state index contributed by atoms with van der Waals surface area (Å²) in [6.45, 7) is 10.7. The molecule has 0 fully saturated rings. The zero-order valence-corrected chi connectivity index (χ0v) is 20.0. The lowest BCUT2D eigenvalue weighted by Gasteiger charge is -2.18. The van der Waals surface area contributed by atoms with Crippen LogP contribution < -0.4 is 5.32 Å². The number of amides is 1. The summed E-state index contributed by atoms with van der Waals surface area (Å²) in [5, 5.41) is 22.0. The van der Waals surface area contributed by atoms with Gasteiger partial charge in [-0.2, -0.15) is 0 Å². The summed E-state index contributed by atoms with van der Waals surface area (Å²) in [5.41, 5.74) is 3.98. The molecular weight excluding hydrogens is 464 g/mol. The molecule has 4 aromatic rings. The van der Waals surface area contributed by atoms with E-state index in [9.17, 15) is 9.90 Å². The SMILES string of the molecule is [C-]#[N+]c1ccc(C[C@@H](c2nnc(-c3ccc(NC(=O)c4ccccc4)cc3)o2)[C@H](C)O)c(C)c1Cl. The number of aliphatic hydroxyl groups excluding tert-OH is 1. The number of carbonyl (C=O) groups is 1. The van der Waals surface area contributed by atoms with E-state index in [0.29, 0.717) is 45.7 Å². The number of hydrogen-bond donors (Lipinski definition) is 2. The Morgan fingerprint density at radius 2 is 1.83 bits per heavy atom. The van der Waals surface area contributed by atoms with Crippen LogP contribution in [0.2, 0.25) is 5.02 Å². The highest BCUT2D eigenvalue weighted by Crippen LogP contribution is 2.34. The second-order valence-electron chi connectivity index (χ2n) is 8.19. The number of halogens is 1. The van der Waals surface area contributed by atoms with Gasteiger partial charge in [-0.15, -0.1) is 10.2 Å². The molecular formula is C27H23ClN4O3. The van der Waals surface area contributed by atoms with E-state index in [1.807, 2.05) is 31.2 Å². The van der Waals surface area contributed by atoms with Crippen molar-refractivity contribution < 1.29 is 14.3 Å². The molecule has 0 bridgehead atoms. The van der Waals surface area contributed by atoms with E-state index in [1.165, 1.54) is 0 Å². The molecule has 8 heteroatoms. The Balaban J connectivity index is 1.51. The van der Waals surface area contributed by atoms with Crippen molar-refractivity contribution in [2.45, 2.75) is 32.3 Å². The van der Waals surface area contributed by atoms with Crippen molar-refractivity contribution in [1.29, 1.82) is 0 Å². The molecule has 176 valence electrons. The molecule has 0 aliphatic rings. The summed E-state index contributed by atoms with van der Waals surface area (Å²) < 4.78 is 5.92. The zero-order chi connectivity index (χ0) is 24.9. The number of anilines is 1. The highest BCUT2D eigenvalue weighted by Gasteiger charge is 2.26. The Hall–Kier alpha value is -3.99. The highest BCUT2D eigenvalue weighted by atomic mass is 35.5. The summed E-state index contributed by atoms with van der Waals surface area (Å²) in [4.78, 5) is 15.8. The van der Waals surface area contributed by atoms with Crippen molar-refractivity contribution in [3.05, 3.63) is 106 Å². The standard InChI is InChI=1S/C27H23ClN4O3/c1-16-20(11-14-23(29-3)24(16)28)15-22(17(2)33)27-32-31-26(35-27)19-9-12-21(13-10-19)30-25(34)18-7-5-4-6-8-18/h4-14,17,22,33H,15H2,1-2H3,(H,30,34)/t17-,22+/m0/s1. The van der Waals surface area contributed by atoms with E-state index in [4.69, 9.17) is 22.6 Å². The van der Waals surface area contributed by atoms with Crippen LogP contribution in [-0.4, -0.2) is 27.3 Å². The molecule has 0 spiro atoms. The third kappa shape index (κ3) is 5.40. The van der Waals surface area contributed by atoms with Gasteiger partial charge in [0.1, 0.15) is 0 Å². The number of benzene rings is 3. The molecule has 1 heterocycles. The third-order valence-electron chi connectivity index (χ3n) is 5.80. The maximum Gasteiger partial charge on any atom is 0.255 e. The first-order valence-electron chi connectivity index (χ1n) is 11.0. The molecule has 0 aliphatic carbocycles. The van der Waals surface area contributed by atoms with Gasteiger partial charge in [-0.1, -0.05) is 41.9 Å². The van der Waals surface area contributed by atoms with E-state index in [0.717, 1.165) is 11.1 Å². The Morgan fingerprint density at radius 3 is 2.49 bits per heavy atom. The van der Waals surface area contributed by atoms with Gasteiger partial charge in [-0.05, 0) is 67.8 Å². The van der Waals surface area contributed by atoms with Crippen LogP contribution in [0.25, 0.3) is 16.3 Å². The molecule has 0 aliphatic heterocycles. The summed E-state index contributed by atoms with van der Waals surface area (Å²) in [7, 11) is 0. The van der Waals surface area contributed by atoms with Gasteiger partial charge in [0, 0.05) is 16.8 Å². The first-order chi connectivity index (χ1) is 16.9. The molecule has 4 rings (SSSR count). The van der Waals surface area contributed by atoms with Crippen LogP contribution in [0.3, 0.4) is 0 Å². The minimum atomic E-state index is -0.752. The van der Waals surface area contributed by atoms with E-state index >= 15 is 0 Å². The molecule has 3 aromatic carbocycles. The topological polar surface area (TPSA) is 92.6 Å². The lowest BCUT2D eigenvalue weighted by Crippen LogP contribution is -2.18. The monoisotopic (exact) mass is 486 g/mol. The Bertz CT molecular complexity index is 1380. The number of rotatable bonds is 7. The fourth-order valence-electron chi connectivity index (χ4n) is 3.71. The molecule has 2 atom stereocenters. The van der Waals surface area contributed by atoms with Crippen LogP contribution in [0, 0.1) is 13.5 Å². The van der Waals surface area contributed by atoms with Gasteiger partial charge in [0.25, 0.3) is 5.91 Å². The van der Waals surface area contributed by atoms with Gasteiger partial charge in [0.15, 0.2) is 0 Å². The molecule has 0 saturated carbocycles. The van der Waals surface area contributed by atoms with E-state index < -0.39 is 12.0 Å². The van der Waals surface area contributed by atoms with Crippen LogP contribution in [0.1, 0.15) is 40.2 Å². The minimum Gasteiger partial charge on any atom is -0.420 e. The predicted molar refractivity (Wildman–Crippen MR) is 135 cm³/mol. The summed E-state index contributed by atoms with van der Waals surface area (Å²) in [5.74, 6) is -0.0294. The fraction of sp³-hybridized carbons (Fsp3) is 0.185. The second kappa shape index (κ2) is 10.5. The summed E-state index contributed by atoms with van der Waals surface area (Å²) in [6.07, 6.45) is -0.328. The van der Waals surface area contributed by atoms with Crippen LogP contribution in [0.15, 0.2) is 71.1 Å². The quantitative estimate of drug-likeness (QED) is 0.303.